The van der Waals surface area contributed by atoms with Gasteiger partial charge in [-0.3, -0.25) is 4.79 Å². The van der Waals surface area contributed by atoms with E-state index >= 15 is 0 Å². The van der Waals surface area contributed by atoms with Gasteiger partial charge in [0.2, 0.25) is 5.91 Å². The third-order valence-electron chi connectivity index (χ3n) is 3.99. The summed E-state index contributed by atoms with van der Waals surface area (Å²) in [5, 5.41) is 2.98. The summed E-state index contributed by atoms with van der Waals surface area (Å²) in [5.41, 5.74) is 1.54. The van der Waals surface area contributed by atoms with Gasteiger partial charge in [0, 0.05) is 12.3 Å². The number of amides is 1. The van der Waals surface area contributed by atoms with E-state index in [1.165, 1.54) is 0 Å². The summed E-state index contributed by atoms with van der Waals surface area (Å²) in [7, 11) is 1.64. The Bertz CT molecular complexity index is 500. The zero-order valence-electron chi connectivity index (χ0n) is 10.7. The summed E-state index contributed by atoms with van der Waals surface area (Å²) in [5.74, 6) is 0.893. The van der Waals surface area contributed by atoms with Gasteiger partial charge in [-0.25, -0.2) is 0 Å². The zero-order chi connectivity index (χ0) is 12.8. The minimum Gasteiger partial charge on any atom is -0.497 e. The Hall–Kier alpha value is -1.55. The first-order chi connectivity index (χ1) is 8.65. The molecule has 1 N–H and O–H groups in total. The first kappa shape index (κ1) is 11.5. The first-order valence-electron chi connectivity index (χ1n) is 6.27. The van der Waals surface area contributed by atoms with Crippen molar-refractivity contribution in [2.45, 2.75) is 31.3 Å². The first-order valence-corrected chi connectivity index (χ1v) is 6.27. The van der Waals surface area contributed by atoms with Crippen LogP contribution in [-0.4, -0.2) is 25.7 Å². The van der Waals surface area contributed by atoms with E-state index in [2.05, 4.69) is 5.32 Å². The van der Waals surface area contributed by atoms with Gasteiger partial charge >= 0.3 is 0 Å². The Kier molecular flexibility index (Phi) is 2.55. The second-order valence-electron chi connectivity index (χ2n) is 5.08. The Balaban J connectivity index is 2.09. The predicted octanol–water partition coefficient (Wildman–Crippen LogP) is 2.08. The molecule has 1 aromatic rings. The highest BCUT2D eigenvalue weighted by Gasteiger charge is 2.49. The van der Waals surface area contributed by atoms with E-state index in [1.54, 1.807) is 7.11 Å². The lowest BCUT2D eigenvalue weighted by Gasteiger charge is -2.35. The average molecular weight is 247 g/mol. The lowest BCUT2D eigenvalue weighted by atomic mass is 9.73. The van der Waals surface area contributed by atoms with E-state index in [0.717, 1.165) is 29.8 Å². The second-order valence-corrected chi connectivity index (χ2v) is 5.08. The van der Waals surface area contributed by atoms with Gasteiger partial charge in [0.15, 0.2) is 0 Å². The molecule has 96 valence electrons. The molecule has 1 fully saturated rings. The number of methoxy groups -OCH3 is 1. The molecule has 2 aliphatic heterocycles. The molecular formula is C14H17NO3. The molecule has 1 aromatic carbocycles. The van der Waals surface area contributed by atoms with Crippen molar-refractivity contribution >= 4 is 11.6 Å². The van der Waals surface area contributed by atoms with E-state index in [9.17, 15) is 4.79 Å². The summed E-state index contributed by atoms with van der Waals surface area (Å²) in [6.45, 7) is 2.65. The van der Waals surface area contributed by atoms with Crippen molar-refractivity contribution in [1.82, 2.24) is 0 Å². The largest absolute Gasteiger partial charge is 0.497 e. The minimum absolute atomic E-state index is 0.0981. The number of hydrogen-bond acceptors (Lipinski definition) is 3. The van der Waals surface area contributed by atoms with Gasteiger partial charge in [-0.15, -0.1) is 0 Å². The number of carbonyl (C=O) groups is 1. The fourth-order valence-electron chi connectivity index (χ4n) is 3.06. The normalized spacial score (nSPS) is 30.1. The SMILES string of the molecule is COc1ccc2c(c1)C1(CCOC(C)C1)C(=O)N2. The lowest BCUT2D eigenvalue weighted by Crippen LogP contribution is -2.42. The molecule has 2 unspecified atom stereocenters. The average Bonchev–Trinajstić information content (AvgIpc) is 2.62. The number of rotatable bonds is 1. The van der Waals surface area contributed by atoms with Crippen LogP contribution in [0.15, 0.2) is 18.2 Å². The molecule has 1 spiro atoms. The van der Waals surface area contributed by atoms with Gasteiger partial charge in [-0.2, -0.15) is 0 Å². The van der Waals surface area contributed by atoms with Crippen molar-refractivity contribution < 1.29 is 14.3 Å². The highest BCUT2D eigenvalue weighted by molar-refractivity contribution is 6.06. The molecule has 1 amide bonds. The smallest absolute Gasteiger partial charge is 0.235 e. The number of carbonyl (C=O) groups excluding carboxylic acids is 1. The Morgan fingerprint density at radius 2 is 2.33 bits per heavy atom. The third-order valence-corrected chi connectivity index (χ3v) is 3.99. The monoisotopic (exact) mass is 247 g/mol. The van der Waals surface area contributed by atoms with E-state index in [4.69, 9.17) is 9.47 Å². The van der Waals surface area contributed by atoms with Crippen LogP contribution in [-0.2, 0) is 14.9 Å². The maximum absolute atomic E-state index is 12.3. The third kappa shape index (κ3) is 1.52. The van der Waals surface area contributed by atoms with Crippen LogP contribution >= 0.6 is 0 Å². The van der Waals surface area contributed by atoms with Crippen molar-refractivity contribution in [2.24, 2.45) is 0 Å². The quantitative estimate of drug-likeness (QED) is 0.826. The summed E-state index contributed by atoms with van der Waals surface area (Å²) in [6.07, 6.45) is 1.59. The van der Waals surface area contributed by atoms with Gasteiger partial charge in [0.1, 0.15) is 5.75 Å². The van der Waals surface area contributed by atoms with Gasteiger partial charge in [0.05, 0.1) is 18.6 Å². The van der Waals surface area contributed by atoms with Crippen LogP contribution in [0.4, 0.5) is 5.69 Å². The molecule has 4 heteroatoms. The topological polar surface area (TPSA) is 47.6 Å². The molecule has 4 nitrogen and oxygen atoms in total. The fraction of sp³-hybridized carbons (Fsp3) is 0.500. The Morgan fingerprint density at radius 1 is 1.50 bits per heavy atom. The van der Waals surface area contributed by atoms with Crippen LogP contribution in [0.25, 0.3) is 0 Å². The Labute approximate surface area is 106 Å². The van der Waals surface area contributed by atoms with Crippen molar-refractivity contribution in [2.75, 3.05) is 19.0 Å². The maximum atomic E-state index is 12.3. The van der Waals surface area contributed by atoms with Gasteiger partial charge in [0.25, 0.3) is 0 Å². The number of nitrogens with one attached hydrogen (secondary N) is 1. The lowest BCUT2D eigenvalue weighted by molar-refractivity contribution is -0.126. The number of fused-ring (bicyclic) bond motifs is 2. The summed E-state index contributed by atoms with van der Waals surface area (Å²) in [4.78, 5) is 12.3. The van der Waals surface area contributed by atoms with Crippen molar-refractivity contribution in [3.63, 3.8) is 0 Å². The molecule has 3 rings (SSSR count). The van der Waals surface area contributed by atoms with Crippen LogP contribution in [0.5, 0.6) is 5.75 Å². The molecule has 2 aliphatic rings. The fourth-order valence-corrected chi connectivity index (χ4v) is 3.06. The second kappa shape index (κ2) is 3.99. The molecule has 2 heterocycles. The van der Waals surface area contributed by atoms with E-state index in [1.807, 2.05) is 25.1 Å². The molecular weight excluding hydrogens is 230 g/mol. The molecule has 1 saturated heterocycles. The predicted molar refractivity (Wildman–Crippen MR) is 67.9 cm³/mol. The van der Waals surface area contributed by atoms with E-state index in [-0.39, 0.29) is 12.0 Å². The van der Waals surface area contributed by atoms with Crippen LogP contribution in [0.1, 0.15) is 25.3 Å². The molecule has 18 heavy (non-hydrogen) atoms. The number of ether oxygens (including phenoxy) is 2. The zero-order valence-corrected chi connectivity index (χ0v) is 10.7. The summed E-state index contributed by atoms with van der Waals surface area (Å²) < 4.78 is 10.8. The number of benzene rings is 1. The molecule has 0 saturated carbocycles. The highest BCUT2D eigenvalue weighted by atomic mass is 16.5. The van der Waals surface area contributed by atoms with Gasteiger partial charge in [-0.05, 0) is 43.5 Å². The highest BCUT2D eigenvalue weighted by Crippen LogP contribution is 2.46. The van der Waals surface area contributed by atoms with Crippen LogP contribution < -0.4 is 10.1 Å². The van der Waals surface area contributed by atoms with Crippen molar-refractivity contribution in [1.29, 1.82) is 0 Å². The van der Waals surface area contributed by atoms with Crippen molar-refractivity contribution in [3.05, 3.63) is 23.8 Å². The van der Waals surface area contributed by atoms with E-state index in [0.29, 0.717) is 6.61 Å². The van der Waals surface area contributed by atoms with Crippen LogP contribution in [0.3, 0.4) is 0 Å². The van der Waals surface area contributed by atoms with Gasteiger partial charge < -0.3 is 14.8 Å². The van der Waals surface area contributed by atoms with Gasteiger partial charge in [-0.1, -0.05) is 0 Å². The number of hydrogen-bond donors (Lipinski definition) is 1. The maximum Gasteiger partial charge on any atom is 0.235 e. The Morgan fingerprint density at radius 3 is 3.06 bits per heavy atom. The number of anilines is 1. The standard InChI is InChI=1S/C14H17NO3/c1-9-8-14(5-6-18-9)11-7-10(17-2)3-4-12(11)15-13(14)16/h3-4,7,9H,5-6,8H2,1-2H3,(H,15,16). The van der Waals surface area contributed by atoms with Crippen molar-refractivity contribution in [3.8, 4) is 5.75 Å². The molecule has 2 atom stereocenters. The van der Waals surface area contributed by atoms with E-state index < -0.39 is 5.41 Å². The van der Waals surface area contributed by atoms with Crippen LogP contribution in [0, 0.1) is 0 Å². The molecule has 0 radical (unpaired) electrons. The molecule has 0 aromatic heterocycles. The molecule has 0 bridgehead atoms. The summed E-state index contributed by atoms with van der Waals surface area (Å²) in [6, 6.07) is 5.77. The van der Waals surface area contributed by atoms with Crippen LogP contribution in [0.2, 0.25) is 0 Å². The minimum atomic E-state index is -0.429. The summed E-state index contributed by atoms with van der Waals surface area (Å²) >= 11 is 0. The molecule has 0 aliphatic carbocycles.